The second-order valence-corrected chi connectivity index (χ2v) is 7.45. The lowest BCUT2D eigenvalue weighted by Gasteiger charge is -2.35. The molecular weight excluding hydrogens is 381 g/mol. The van der Waals surface area contributed by atoms with Crippen molar-refractivity contribution >= 4 is 5.91 Å². The number of ether oxygens (including phenoxy) is 1. The van der Waals surface area contributed by atoms with Crippen molar-refractivity contribution in [2.24, 2.45) is 0 Å². The summed E-state index contributed by atoms with van der Waals surface area (Å²) in [5.41, 5.74) is 0.630. The van der Waals surface area contributed by atoms with Gasteiger partial charge in [-0.3, -0.25) is 9.69 Å². The number of carbonyl (C=O) groups excluding carboxylic acids is 1. The van der Waals surface area contributed by atoms with Gasteiger partial charge < -0.3 is 10.1 Å². The Morgan fingerprint density at radius 2 is 1.62 bits per heavy atom. The van der Waals surface area contributed by atoms with Crippen LogP contribution in [0.25, 0.3) is 0 Å². The molecule has 1 aliphatic rings. The predicted molar refractivity (Wildman–Crippen MR) is 104 cm³/mol. The van der Waals surface area contributed by atoms with Gasteiger partial charge in [0.25, 0.3) is 5.91 Å². The molecule has 0 aliphatic carbocycles. The summed E-state index contributed by atoms with van der Waals surface area (Å²) in [7, 11) is 0. The number of benzene rings is 2. The lowest BCUT2D eigenvalue weighted by atomic mass is 10.0. The Morgan fingerprint density at radius 1 is 1.03 bits per heavy atom. The average molecular weight is 406 g/mol. The van der Waals surface area contributed by atoms with Gasteiger partial charge in [0.15, 0.2) is 0 Å². The van der Waals surface area contributed by atoms with Crippen LogP contribution in [0.15, 0.2) is 48.5 Å². The third-order valence-corrected chi connectivity index (χ3v) is 4.92. The van der Waals surface area contributed by atoms with Gasteiger partial charge in [-0.1, -0.05) is 36.4 Å². The Balaban J connectivity index is 1.70. The van der Waals surface area contributed by atoms with E-state index < -0.39 is 17.6 Å². The third-order valence-electron chi connectivity index (χ3n) is 4.92. The Morgan fingerprint density at radius 3 is 2.28 bits per heavy atom. The molecule has 0 bridgehead atoms. The molecule has 1 aliphatic heterocycles. The van der Waals surface area contributed by atoms with E-state index in [4.69, 9.17) is 4.74 Å². The molecule has 2 aromatic carbocycles. The molecule has 1 fully saturated rings. The summed E-state index contributed by atoms with van der Waals surface area (Å²) in [6, 6.07) is 12.5. The Labute approximate surface area is 168 Å². The number of carbonyl (C=O) groups is 1. The number of morpholine rings is 1. The number of halogens is 3. The maximum absolute atomic E-state index is 13.2. The smallest absolute Gasteiger partial charge is 0.373 e. The first-order valence-electron chi connectivity index (χ1n) is 9.63. The summed E-state index contributed by atoms with van der Waals surface area (Å²) >= 11 is 0. The average Bonchev–Trinajstić information content (AvgIpc) is 2.65. The highest BCUT2D eigenvalue weighted by Gasteiger charge is 2.34. The second kappa shape index (κ2) is 8.97. The van der Waals surface area contributed by atoms with Gasteiger partial charge >= 0.3 is 6.18 Å². The van der Waals surface area contributed by atoms with E-state index in [1.165, 1.54) is 18.2 Å². The summed E-state index contributed by atoms with van der Waals surface area (Å²) in [5, 5.41) is 2.64. The molecule has 1 saturated heterocycles. The Hall–Kier alpha value is -2.38. The summed E-state index contributed by atoms with van der Waals surface area (Å²) in [6.45, 7) is 6.55. The fourth-order valence-corrected chi connectivity index (χ4v) is 3.74. The molecule has 1 heterocycles. The van der Waals surface area contributed by atoms with Crippen LogP contribution in [0.3, 0.4) is 0 Å². The first kappa shape index (κ1) is 21.3. The number of alkyl halides is 3. The summed E-state index contributed by atoms with van der Waals surface area (Å²) < 4.78 is 45.3. The maximum atomic E-state index is 13.2. The van der Waals surface area contributed by atoms with Crippen LogP contribution in [-0.2, 0) is 24.0 Å². The minimum absolute atomic E-state index is 0.143. The minimum atomic E-state index is -4.57. The highest BCUT2D eigenvalue weighted by atomic mass is 19.4. The standard InChI is InChI=1S/C22H25F3N2O2/c1-15-12-27(13-16(2)29-15)14-18-8-4-3-7-17(18)11-26-21(28)19-9-5-6-10-20(19)22(23,24)25/h3-10,15-16H,11-14H2,1-2H3,(H,26,28)/t15-,16-/m1/s1. The second-order valence-electron chi connectivity index (χ2n) is 7.45. The molecule has 0 saturated carbocycles. The molecule has 4 nitrogen and oxygen atoms in total. The van der Waals surface area contributed by atoms with Gasteiger partial charge in [-0.2, -0.15) is 13.2 Å². The summed E-state index contributed by atoms with van der Waals surface area (Å²) in [6.07, 6.45) is -4.29. The van der Waals surface area contributed by atoms with Gasteiger partial charge in [-0.25, -0.2) is 0 Å². The molecule has 0 spiro atoms. The van der Waals surface area contributed by atoms with E-state index in [9.17, 15) is 18.0 Å². The molecule has 7 heteroatoms. The van der Waals surface area contributed by atoms with Crippen LogP contribution in [0.4, 0.5) is 13.2 Å². The van der Waals surface area contributed by atoms with Gasteiger partial charge in [0.1, 0.15) is 0 Å². The molecular formula is C22H25F3N2O2. The Kier molecular flexibility index (Phi) is 6.59. The SMILES string of the molecule is C[C@@H]1CN(Cc2ccccc2CNC(=O)c2ccccc2C(F)(F)F)C[C@@H](C)O1. The van der Waals surface area contributed by atoms with Gasteiger partial charge in [-0.05, 0) is 37.1 Å². The van der Waals surface area contributed by atoms with Crippen molar-refractivity contribution in [1.29, 1.82) is 0 Å². The highest BCUT2D eigenvalue weighted by molar-refractivity contribution is 5.95. The van der Waals surface area contributed by atoms with Crippen molar-refractivity contribution in [3.63, 3.8) is 0 Å². The molecule has 156 valence electrons. The van der Waals surface area contributed by atoms with Gasteiger partial charge in [0.05, 0.1) is 23.3 Å². The number of rotatable bonds is 5. The van der Waals surface area contributed by atoms with E-state index in [1.54, 1.807) is 0 Å². The summed E-state index contributed by atoms with van der Waals surface area (Å²) in [4.78, 5) is 14.7. The van der Waals surface area contributed by atoms with Gasteiger partial charge in [-0.15, -0.1) is 0 Å². The van der Waals surface area contributed by atoms with Crippen molar-refractivity contribution in [3.05, 3.63) is 70.8 Å². The molecule has 2 atom stereocenters. The maximum Gasteiger partial charge on any atom is 0.417 e. The van der Waals surface area contributed by atoms with Crippen LogP contribution < -0.4 is 5.32 Å². The van der Waals surface area contributed by atoms with Crippen LogP contribution in [-0.4, -0.2) is 36.1 Å². The molecule has 1 N–H and O–H groups in total. The number of nitrogens with zero attached hydrogens (tertiary/aromatic N) is 1. The third kappa shape index (κ3) is 5.58. The molecule has 0 aromatic heterocycles. The molecule has 29 heavy (non-hydrogen) atoms. The lowest BCUT2D eigenvalue weighted by molar-refractivity contribution is -0.137. The van der Waals surface area contributed by atoms with Crippen molar-refractivity contribution in [3.8, 4) is 0 Å². The van der Waals surface area contributed by atoms with E-state index in [-0.39, 0.29) is 24.3 Å². The van der Waals surface area contributed by atoms with E-state index in [2.05, 4.69) is 10.2 Å². The van der Waals surface area contributed by atoms with Crippen LogP contribution in [0.1, 0.15) is 40.9 Å². The largest absolute Gasteiger partial charge is 0.417 e. The lowest BCUT2D eigenvalue weighted by Crippen LogP contribution is -2.45. The fourth-order valence-electron chi connectivity index (χ4n) is 3.74. The van der Waals surface area contributed by atoms with Crippen molar-refractivity contribution in [2.45, 2.75) is 45.3 Å². The first-order valence-corrected chi connectivity index (χ1v) is 9.63. The van der Waals surface area contributed by atoms with Crippen LogP contribution >= 0.6 is 0 Å². The number of amides is 1. The summed E-state index contributed by atoms with van der Waals surface area (Å²) in [5.74, 6) is -0.735. The zero-order chi connectivity index (χ0) is 21.0. The van der Waals surface area contributed by atoms with E-state index in [0.717, 1.165) is 30.3 Å². The van der Waals surface area contributed by atoms with E-state index >= 15 is 0 Å². The van der Waals surface area contributed by atoms with Crippen LogP contribution in [0.2, 0.25) is 0 Å². The quantitative estimate of drug-likeness (QED) is 0.808. The zero-order valence-corrected chi connectivity index (χ0v) is 16.5. The minimum Gasteiger partial charge on any atom is -0.373 e. The Bertz CT molecular complexity index is 844. The molecule has 2 aromatic rings. The van der Waals surface area contributed by atoms with E-state index in [1.807, 2.05) is 38.1 Å². The molecule has 1 amide bonds. The number of hydrogen-bond acceptors (Lipinski definition) is 3. The van der Waals surface area contributed by atoms with Crippen molar-refractivity contribution < 1.29 is 22.7 Å². The van der Waals surface area contributed by atoms with Crippen LogP contribution in [0.5, 0.6) is 0 Å². The van der Waals surface area contributed by atoms with Crippen molar-refractivity contribution in [2.75, 3.05) is 13.1 Å². The molecule has 0 unspecified atom stereocenters. The number of nitrogens with one attached hydrogen (secondary N) is 1. The molecule has 0 radical (unpaired) electrons. The van der Waals surface area contributed by atoms with Crippen LogP contribution in [0, 0.1) is 0 Å². The van der Waals surface area contributed by atoms with Gasteiger partial charge in [0.2, 0.25) is 0 Å². The number of hydrogen-bond donors (Lipinski definition) is 1. The topological polar surface area (TPSA) is 41.6 Å². The van der Waals surface area contributed by atoms with Gasteiger partial charge in [0, 0.05) is 26.2 Å². The predicted octanol–water partition coefficient (Wildman–Crippen LogP) is 4.24. The monoisotopic (exact) mass is 406 g/mol. The highest BCUT2D eigenvalue weighted by Crippen LogP contribution is 2.31. The first-order chi connectivity index (χ1) is 13.7. The fraction of sp³-hybridized carbons (Fsp3) is 0.409. The van der Waals surface area contributed by atoms with Crippen molar-refractivity contribution in [1.82, 2.24) is 10.2 Å². The zero-order valence-electron chi connectivity index (χ0n) is 16.5. The molecule has 3 rings (SSSR count). The van der Waals surface area contributed by atoms with E-state index in [0.29, 0.717) is 6.54 Å². The normalized spacial score (nSPS) is 20.4.